The Kier molecular flexibility index (Phi) is 4.25. The minimum absolute atomic E-state index is 0. The predicted molar refractivity (Wildman–Crippen MR) is 37.2 cm³/mol. The Bertz CT molecular complexity index is 177. The van der Waals surface area contributed by atoms with Crippen LogP contribution in [0.2, 0.25) is 0 Å². The van der Waals surface area contributed by atoms with Gasteiger partial charge in [-0.3, -0.25) is 4.98 Å². The Hall–Kier alpha value is 0.850. The third-order valence-electron chi connectivity index (χ3n) is 1.01. The van der Waals surface area contributed by atoms with Gasteiger partial charge in [0.1, 0.15) is 0 Å². The van der Waals surface area contributed by atoms with Crippen LogP contribution in [0.4, 0.5) is 0 Å². The van der Waals surface area contributed by atoms with Crippen molar-refractivity contribution in [3.05, 3.63) is 10.6 Å². The van der Waals surface area contributed by atoms with Crippen molar-refractivity contribution in [3.63, 3.8) is 0 Å². The molecule has 1 aromatic rings. The van der Waals surface area contributed by atoms with E-state index in [9.17, 15) is 0 Å². The van der Waals surface area contributed by atoms with Gasteiger partial charge in [-0.15, -0.1) is 0 Å². The third kappa shape index (κ3) is 2.51. The number of nitrogens with zero attached hydrogens (tertiary/aromatic N) is 1. The number of rotatable bonds is 0. The van der Waals surface area contributed by atoms with Gasteiger partial charge in [0.25, 0.3) is 0 Å². The minimum atomic E-state index is 0. The van der Waals surface area contributed by atoms with Crippen LogP contribution in [0, 0.1) is 13.8 Å². The second-order valence-electron chi connectivity index (χ2n) is 1.62. The molecular formula is C5H6NNaS2. The first-order chi connectivity index (χ1) is 3.70. The fourth-order valence-electron chi connectivity index (χ4n) is 0.443. The standard InChI is InChI=1S/C5H7NS2.Na/c1-3-4(2)8-5(7)6-3;/h1-2H3,(H,6,7);/q;+1/p-1. The summed E-state index contributed by atoms with van der Waals surface area (Å²) in [6.07, 6.45) is 0. The van der Waals surface area contributed by atoms with Crippen LogP contribution in [-0.4, -0.2) is 4.98 Å². The van der Waals surface area contributed by atoms with Gasteiger partial charge in [0.2, 0.25) is 0 Å². The second-order valence-corrected chi connectivity index (χ2v) is 3.47. The van der Waals surface area contributed by atoms with Crippen molar-refractivity contribution in [2.75, 3.05) is 0 Å². The molecule has 0 N–H and O–H groups in total. The molecule has 4 heteroatoms. The third-order valence-corrected chi connectivity index (χ3v) is 2.22. The molecule has 0 aliphatic heterocycles. The molecule has 1 heterocycles. The van der Waals surface area contributed by atoms with Crippen LogP contribution in [-0.2, 0) is 12.6 Å². The molecule has 0 radical (unpaired) electrons. The maximum atomic E-state index is 4.83. The molecule has 0 saturated heterocycles. The zero-order valence-electron chi connectivity index (χ0n) is 5.76. The Morgan fingerprint density at radius 3 is 2.11 bits per heavy atom. The van der Waals surface area contributed by atoms with Gasteiger partial charge in [-0.25, -0.2) is 0 Å². The van der Waals surface area contributed by atoms with E-state index in [1.165, 1.54) is 4.88 Å². The molecule has 0 fully saturated rings. The van der Waals surface area contributed by atoms with Gasteiger partial charge >= 0.3 is 29.6 Å². The zero-order valence-corrected chi connectivity index (χ0v) is 9.40. The summed E-state index contributed by atoms with van der Waals surface area (Å²) in [5.41, 5.74) is 1.07. The van der Waals surface area contributed by atoms with Gasteiger partial charge in [0, 0.05) is 5.69 Å². The van der Waals surface area contributed by atoms with Gasteiger partial charge in [-0.05, 0) is 18.2 Å². The summed E-state index contributed by atoms with van der Waals surface area (Å²) >= 11 is 6.40. The molecule has 0 saturated carbocycles. The first kappa shape index (κ1) is 9.85. The van der Waals surface area contributed by atoms with Gasteiger partial charge in [0.05, 0.1) is 0 Å². The van der Waals surface area contributed by atoms with Crippen LogP contribution >= 0.6 is 11.3 Å². The van der Waals surface area contributed by atoms with Gasteiger partial charge < -0.3 is 24.0 Å². The van der Waals surface area contributed by atoms with Crippen molar-refractivity contribution in [1.82, 2.24) is 4.98 Å². The summed E-state index contributed by atoms with van der Waals surface area (Å²) in [6.45, 7) is 4.00. The van der Waals surface area contributed by atoms with Crippen molar-refractivity contribution < 1.29 is 29.6 Å². The van der Waals surface area contributed by atoms with Crippen LogP contribution < -0.4 is 29.6 Å². The van der Waals surface area contributed by atoms with E-state index in [0.29, 0.717) is 0 Å². The molecule has 0 atom stereocenters. The summed E-state index contributed by atoms with van der Waals surface area (Å²) in [7, 11) is 0. The molecule has 44 valence electrons. The first-order valence-electron chi connectivity index (χ1n) is 2.31. The van der Waals surface area contributed by atoms with Crippen LogP contribution in [0.5, 0.6) is 0 Å². The van der Waals surface area contributed by atoms with Crippen molar-refractivity contribution in [2.45, 2.75) is 18.2 Å². The van der Waals surface area contributed by atoms with Gasteiger partial charge in [-0.1, -0.05) is 4.88 Å². The van der Waals surface area contributed by atoms with E-state index in [2.05, 4.69) is 4.98 Å². The Morgan fingerprint density at radius 1 is 1.44 bits per heavy atom. The Labute approximate surface area is 86.6 Å². The fraction of sp³-hybridized carbons (Fsp3) is 0.400. The molecule has 0 aromatic carbocycles. The first-order valence-corrected chi connectivity index (χ1v) is 3.53. The van der Waals surface area contributed by atoms with E-state index in [1.54, 1.807) is 11.3 Å². The van der Waals surface area contributed by atoms with Crippen molar-refractivity contribution in [3.8, 4) is 0 Å². The van der Waals surface area contributed by atoms with E-state index >= 15 is 0 Å². The largest absolute Gasteiger partial charge is 1.00 e. The number of hydrogen-bond acceptors (Lipinski definition) is 3. The average Bonchev–Trinajstić information content (AvgIpc) is 1.85. The molecule has 0 bridgehead atoms. The van der Waals surface area contributed by atoms with Crippen LogP contribution in [0.25, 0.3) is 0 Å². The number of hydrogen-bond donors (Lipinski definition) is 0. The van der Waals surface area contributed by atoms with Gasteiger partial charge in [0.15, 0.2) is 0 Å². The molecule has 0 aliphatic rings. The van der Waals surface area contributed by atoms with Crippen molar-refractivity contribution in [2.24, 2.45) is 0 Å². The number of aromatic nitrogens is 1. The van der Waals surface area contributed by atoms with Crippen LogP contribution in [0.15, 0.2) is 4.34 Å². The van der Waals surface area contributed by atoms with Crippen molar-refractivity contribution >= 4 is 24.0 Å². The molecule has 1 nitrogen and oxygen atoms in total. The Morgan fingerprint density at radius 2 is 2.00 bits per heavy atom. The van der Waals surface area contributed by atoms with Crippen LogP contribution in [0.3, 0.4) is 0 Å². The van der Waals surface area contributed by atoms with E-state index in [1.807, 2.05) is 13.8 Å². The van der Waals surface area contributed by atoms with E-state index in [0.717, 1.165) is 10.0 Å². The van der Waals surface area contributed by atoms with Crippen molar-refractivity contribution in [1.29, 1.82) is 0 Å². The molecule has 9 heavy (non-hydrogen) atoms. The smallest absolute Gasteiger partial charge is 0.408 e. The SMILES string of the molecule is Cc1nc([S-])sc1C.[Na+]. The topological polar surface area (TPSA) is 12.9 Å². The minimum Gasteiger partial charge on any atom is -0.408 e. The normalized spacial score (nSPS) is 8.67. The van der Waals surface area contributed by atoms with E-state index in [4.69, 9.17) is 12.6 Å². The zero-order chi connectivity index (χ0) is 6.15. The summed E-state index contributed by atoms with van der Waals surface area (Å²) < 4.78 is 0.750. The summed E-state index contributed by atoms with van der Waals surface area (Å²) in [5.74, 6) is 0. The Balaban J connectivity index is 0.000000640. The van der Waals surface area contributed by atoms with E-state index in [-0.39, 0.29) is 29.6 Å². The molecular weight excluding hydrogens is 161 g/mol. The van der Waals surface area contributed by atoms with Crippen LogP contribution in [0.1, 0.15) is 10.6 Å². The predicted octanol–water partition coefficient (Wildman–Crippen LogP) is -1.33. The molecule has 0 amide bonds. The van der Waals surface area contributed by atoms with E-state index < -0.39 is 0 Å². The quantitative estimate of drug-likeness (QED) is 0.351. The second kappa shape index (κ2) is 3.88. The number of aryl methyl sites for hydroxylation is 2. The molecule has 0 aliphatic carbocycles. The summed E-state index contributed by atoms with van der Waals surface area (Å²) in [6, 6.07) is 0. The number of thiazole rings is 1. The maximum absolute atomic E-state index is 4.83. The fourth-order valence-corrected chi connectivity index (χ4v) is 1.59. The van der Waals surface area contributed by atoms with Gasteiger partial charge in [-0.2, -0.15) is 0 Å². The summed E-state index contributed by atoms with van der Waals surface area (Å²) in [4.78, 5) is 5.28. The molecule has 0 spiro atoms. The molecule has 0 unspecified atom stereocenters. The maximum Gasteiger partial charge on any atom is 1.00 e. The molecule has 1 aromatic heterocycles. The summed E-state index contributed by atoms with van der Waals surface area (Å²) in [5, 5.41) is 0. The average molecular weight is 167 g/mol. The monoisotopic (exact) mass is 167 g/mol. The molecule has 1 rings (SSSR count).